The molecular weight excluding hydrogens is 226 g/mol. The standard InChI is InChI=1S/C14H25N3O/c1-4-11(15)9-12-16-13(17-18-12)10-5-7-14(2,3)8-6-10/h10-11H,4-9,15H2,1-3H3. The van der Waals surface area contributed by atoms with Crippen LogP contribution >= 0.6 is 0 Å². The second-order valence-electron chi connectivity index (χ2n) is 6.36. The third-order valence-electron chi connectivity index (χ3n) is 4.15. The summed E-state index contributed by atoms with van der Waals surface area (Å²) in [6.45, 7) is 6.75. The van der Waals surface area contributed by atoms with Crippen molar-refractivity contribution in [3.05, 3.63) is 11.7 Å². The van der Waals surface area contributed by atoms with E-state index in [1.54, 1.807) is 0 Å². The van der Waals surface area contributed by atoms with Crippen molar-refractivity contribution in [3.63, 3.8) is 0 Å². The molecule has 0 radical (unpaired) electrons. The van der Waals surface area contributed by atoms with E-state index < -0.39 is 0 Å². The molecule has 1 aromatic rings. The van der Waals surface area contributed by atoms with Crippen molar-refractivity contribution in [2.45, 2.75) is 71.3 Å². The molecule has 0 bridgehead atoms. The van der Waals surface area contributed by atoms with Crippen LogP contribution in [0.1, 0.15) is 70.5 Å². The Bertz CT molecular complexity index is 376. The summed E-state index contributed by atoms with van der Waals surface area (Å²) in [5.41, 5.74) is 6.38. The Hall–Kier alpha value is -0.900. The van der Waals surface area contributed by atoms with Crippen molar-refractivity contribution in [2.24, 2.45) is 11.1 Å². The molecule has 2 rings (SSSR count). The van der Waals surface area contributed by atoms with E-state index in [1.807, 2.05) is 0 Å². The molecule has 0 aromatic carbocycles. The van der Waals surface area contributed by atoms with Crippen molar-refractivity contribution < 1.29 is 4.52 Å². The first-order valence-corrected chi connectivity index (χ1v) is 7.08. The van der Waals surface area contributed by atoms with Gasteiger partial charge < -0.3 is 10.3 Å². The number of hydrogen-bond donors (Lipinski definition) is 1. The van der Waals surface area contributed by atoms with E-state index in [-0.39, 0.29) is 6.04 Å². The van der Waals surface area contributed by atoms with Gasteiger partial charge in [-0.05, 0) is 37.5 Å². The smallest absolute Gasteiger partial charge is 0.228 e. The molecule has 4 heteroatoms. The van der Waals surface area contributed by atoms with Crippen LogP contribution in [0.15, 0.2) is 4.52 Å². The Balaban J connectivity index is 1.94. The fraction of sp³-hybridized carbons (Fsp3) is 0.857. The fourth-order valence-corrected chi connectivity index (χ4v) is 2.54. The van der Waals surface area contributed by atoms with Gasteiger partial charge in [0.15, 0.2) is 5.82 Å². The Morgan fingerprint density at radius 3 is 2.67 bits per heavy atom. The lowest BCUT2D eigenvalue weighted by atomic mass is 9.73. The van der Waals surface area contributed by atoms with Gasteiger partial charge in [-0.3, -0.25) is 0 Å². The Kier molecular flexibility index (Phi) is 4.05. The first-order chi connectivity index (χ1) is 8.50. The highest BCUT2D eigenvalue weighted by Gasteiger charge is 2.30. The molecule has 1 fully saturated rings. The summed E-state index contributed by atoms with van der Waals surface area (Å²) in [6, 6.07) is 0.128. The largest absolute Gasteiger partial charge is 0.339 e. The topological polar surface area (TPSA) is 64.9 Å². The van der Waals surface area contributed by atoms with Gasteiger partial charge in [0, 0.05) is 18.4 Å². The number of nitrogens with zero attached hydrogens (tertiary/aromatic N) is 2. The van der Waals surface area contributed by atoms with Crippen molar-refractivity contribution in [3.8, 4) is 0 Å². The van der Waals surface area contributed by atoms with Gasteiger partial charge in [-0.2, -0.15) is 4.98 Å². The summed E-state index contributed by atoms with van der Waals surface area (Å²) in [6.07, 6.45) is 6.47. The van der Waals surface area contributed by atoms with Crippen LogP contribution in [0.2, 0.25) is 0 Å². The summed E-state index contributed by atoms with van der Waals surface area (Å²) < 4.78 is 5.30. The minimum Gasteiger partial charge on any atom is -0.339 e. The monoisotopic (exact) mass is 251 g/mol. The number of nitrogens with two attached hydrogens (primary N) is 1. The van der Waals surface area contributed by atoms with E-state index in [0.717, 1.165) is 12.2 Å². The van der Waals surface area contributed by atoms with Gasteiger partial charge in [-0.1, -0.05) is 25.9 Å². The molecule has 2 N–H and O–H groups in total. The summed E-state index contributed by atoms with van der Waals surface area (Å²) in [4.78, 5) is 4.51. The average molecular weight is 251 g/mol. The van der Waals surface area contributed by atoms with Crippen LogP contribution in [0, 0.1) is 5.41 Å². The zero-order chi connectivity index (χ0) is 13.2. The molecule has 1 heterocycles. The van der Waals surface area contributed by atoms with Crippen LogP contribution in [0.25, 0.3) is 0 Å². The summed E-state index contributed by atoms with van der Waals surface area (Å²) in [5.74, 6) is 2.07. The van der Waals surface area contributed by atoms with Gasteiger partial charge in [-0.15, -0.1) is 0 Å². The zero-order valence-electron chi connectivity index (χ0n) is 11.8. The highest BCUT2D eigenvalue weighted by atomic mass is 16.5. The Morgan fingerprint density at radius 2 is 2.06 bits per heavy atom. The van der Waals surface area contributed by atoms with E-state index in [2.05, 4.69) is 30.9 Å². The predicted molar refractivity (Wildman–Crippen MR) is 71.3 cm³/mol. The lowest BCUT2D eigenvalue weighted by Crippen LogP contribution is -2.22. The molecule has 0 aliphatic heterocycles. The molecule has 18 heavy (non-hydrogen) atoms. The van der Waals surface area contributed by atoms with E-state index >= 15 is 0 Å². The quantitative estimate of drug-likeness (QED) is 0.893. The van der Waals surface area contributed by atoms with Gasteiger partial charge in [0.2, 0.25) is 5.89 Å². The second-order valence-corrected chi connectivity index (χ2v) is 6.36. The first kappa shape index (κ1) is 13.5. The normalized spacial score (nSPS) is 22.0. The molecule has 1 aromatic heterocycles. The molecule has 4 nitrogen and oxygen atoms in total. The van der Waals surface area contributed by atoms with Crippen molar-refractivity contribution in [1.82, 2.24) is 10.1 Å². The maximum absolute atomic E-state index is 5.90. The third kappa shape index (κ3) is 3.31. The van der Waals surface area contributed by atoms with Crippen molar-refractivity contribution in [1.29, 1.82) is 0 Å². The van der Waals surface area contributed by atoms with Gasteiger partial charge in [0.05, 0.1) is 0 Å². The van der Waals surface area contributed by atoms with E-state index in [0.29, 0.717) is 23.6 Å². The Morgan fingerprint density at radius 1 is 1.39 bits per heavy atom. The predicted octanol–water partition coefficient (Wildman–Crippen LogP) is 3.03. The molecule has 1 aliphatic rings. The van der Waals surface area contributed by atoms with E-state index in [1.165, 1.54) is 25.7 Å². The molecule has 1 saturated carbocycles. The van der Waals surface area contributed by atoms with Crippen molar-refractivity contribution in [2.75, 3.05) is 0 Å². The molecule has 1 aliphatic carbocycles. The minimum absolute atomic E-state index is 0.128. The van der Waals surface area contributed by atoms with Crippen molar-refractivity contribution >= 4 is 0 Å². The van der Waals surface area contributed by atoms with Gasteiger partial charge in [0.1, 0.15) is 0 Å². The second kappa shape index (κ2) is 5.39. The van der Waals surface area contributed by atoms with Gasteiger partial charge in [-0.25, -0.2) is 0 Å². The lowest BCUT2D eigenvalue weighted by molar-refractivity contribution is 0.218. The Labute approximate surface area is 109 Å². The third-order valence-corrected chi connectivity index (χ3v) is 4.15. The molecule has 0 saturated heterocycles. The van der Waals surface area contributed by atoms with Crippen LogP contribution in [-0.2, 0) is 6.42 Å². The molecule has 1 atom stereocenters. The molecule has 102 valence electrons. The van der Waals surface area contributed by atoms with Crippen LogP contribution in [0.4, 0.5) is 0 Å². The molecule has 0 spiro atoms. The summed E-state index contributed by atoms with van der Waals surface area (Å²) in [5, 5.41) is 4.13. The van der Waals surface area contributed by atoms with Gasteiger partial charge in [0.25, 0.3) is 0 Å². The number of hydrogen-bond acceptors (Lipinski definition) is 4. The molecule has 1 unspecified atom stereocenters. The van der Waals surface area contributed by atoms with Crippen LogP contribution < -0.4 is 5.73 Å². The lowest BCUT2D eigenvalue weighted by Gasteiger charge is -2.32. The van der Waals surface area contributed by atoms with Crippen LogP contribution in [-0.4, -0.2) is 16.2 Å². The highest BCUT2D eigenvalue weighted by Crippen LogP contribution is 2.41. The first-order valence-electron chi connectivity index (χ1n) is 7.08. The number of aromatic nitrogens is 2. The summed E-state index contributed by atoms with van der Waals surface area (Å²) >= 11 is 0. The van der Waals surface area contributed by atoms with Crippen LogP contribution in [0.3, 0.4) is 0 Å². The fourth-order valence-electron chi connectivity index (χ4n) is 2.54. The molecule has 0 amide bonds. The van der Waals surface area contributed by atoms with Crippen LogP contribution in [0.5, 0.6) is 0 Å². The SMILES string of the molecule is CCC(N)Cc1nc(C2CCC(C)(C)CC2)no1. The molecular formula is C14H25N3O. The average Bonchev–Trinajstić information content (AvgIpc) is 2.77. The number of rotatable bonds is 4. The zero-order valence-corrected chi connectivity index (χ0v) is 11.8. The minimum atomic E-state index is 0.128. The van der Waals surface area contributed by atoms with E-state index in [4.69, 9.17) is 10.3 Å². The van der Waals surface area contributed by atoms with E-state index in [9.17, 15) is 0 Å². The van der Waals surface area contributed by atoms with Gasteiger partial charge >= 0.3 is 0 Å². The summed E-state index contributed by atoms with van der Waals surface area (Å²) in [7, 11) is 0. The maximum atomic E-state index is 5.90. The highest BCUT2D eigenvalue weighted by molar-refractivity contribution is 4.99. The maximum Gasteiger partial charge on any atom is 0.228 e.